The van der Waals surface area contributed by atoms with Crippen LogP contribution in [0.25, 0.3) is 11.0 Å². The van der Waals surface area contributed by atoms with Crippen molar-refractivity contribution in [3.8, 4) is 0 Å². The van der Waals surface area contributed by atoms with Gasteiger partial charge in [-0.1, -0.05) is 19.9 Å². The van der Waals surface area contributed by atoms with Crippen LogP contribution in [-0.2, 0) is 11.3 Å². The van der Waals surface area contributed by atoms with Gasteiger partial charge in [-0.25, -0.2) is 9.78 Å². The summed E-state index contributed by atoms with van der Waals surface area (Å²) in [5.41, 5.74) is 1.42. The predicted octanol–water partition coefficient (Wildman–Crippen LogP) is 1.99. The van der Waals surface area contributed by atoms with Gasteiger partial charge in [0, 0.05) is 25.9 Å². The molecule has 0 aliphatic rings. The Labute approximate surface area is 122 Å². The lowest BCUT2D eigenvalue weighted by molar-refractivity contribution is -0.120. The first-order chi connectivity index (χ1) is 9.95. The monoisotopic (exact) mass is 289 g/mol. The first kappa shape index (κ1) is 15.0. The summed E-state index contributed by atoms with van der Waals surface area (Å²) in [4.78, 5) is 27.3. The van der Waals surface area contributed by atoms with E-state index in [9.17, 15) is 14.7 Å². The fourth-order valence-electron chi connectivity index (χ4n) is 2.35. The Hall–Kier alpha value is -2.37. The van der Waals surface area contributed by atoms with Crippen molar-refractivity contribution in [3.63, 3.8) is 0 Å². The van der Waals surface area contributed by atoms with Crippen LogP contribution in [0, 0.1) is 0 Å². The number of hydrogen-bond donors (Lipinski definition) is 2. The number of carboxylic acids is 1. The van der Waals surface area contributed by atoms with Gasteiger partial charge in [0.15, 0.2) is 0 Å². The number of rotatable bonds is 5. The minimum Gasteiger partial charge on any atom is -0.478 e. The number of fused-ring (bicyclic) bond motifs is 1. The lowest BCUT2D eigenvalue weighted by Crippen LogP contribution is -2.20. The first-order valence-corrected chi connectivity index (χ1v) is 6.88. The summed E-state index contributed by atoms with van der Waals surface area (Å²) in [7, 11) is 1.60. The molecule has 0 atom stereocenters. The van der Waals surface area contributed by atoms with Crippen molar-refractivity contribution in [2.45, 2.75) is 32.7 Å². The van der Waals surface area contributed by atoms with Gasteiger partial charge in [-0.15, -0.1) is 0 Å². The third-order valence-electron chi connectivity index (χ3n) is 3.40. The SMILES string of the molecule is CNC(=O)CCn1c(C(C)C)nc2c(C(=O)O)cccc21. The highest BCUT2D eigenvalue weighted by Crippen LogP contribution is 2.25. The van der Waals surface area contributed by atoms with E-state index in [0.29, 0.717) is 18.5 Å². The smallest absolute Gasteiger partial charge is 0.337 e. The number of nitrogens with one attached hydrogen (secondary N) is 1. The molecule has 0 saturated heterocycles. The number of nitrogens with zero attached hydrogens (tertiary/aromatic N) is 2. The van der Waals surface area contributed by atoms with Gasteiger partial charge in [-0.2, -0.15) is 0 Å². The average Bonchev–Trinajstić information content (AvgIpc) is 2.83. The van der Waals surface area contributed by atoms with Gasteiger partial charge < -0.3 is 15.0 Å². The number of para-hydroxylation sites is 1. The van der Waals surface area contributed by atoms with Crippen molar-refractivity contribution >= 4 is 22.9 Å². The summed E-state index contributed by atoms with van der Waals surface area (Å²) in [6.45, 7) is 4.48. The Bertz CT molecular complexity index is 689. The number of amides is 1. The molecular weight excluding hydrogens is 270 g/mol. The summed E-state index contributed by atoms with van der Waals surface area (Å²) in [5, 5.41) is 11.9. The summed E-state index contributed by atoms with van der Waals surface area (Å²) >= 11 is 0. The maximum absolute atomic E-state index is 11.5. The molecule has 112 valence electrons. The van der Waals surface area contributed by atoms with Gasteiger partial charge >= 0.3 is 5.97 Å². The zero-order valence-electron chi connectivity index (χ0n) is 12.4. The van der Waals surface area contributed by atoms with E-state index in [1.807, 2.05) is 24.5 Å². The van der Waals surface area contributed by atoms with Crippen molar-refractivity contribution in [1.82, 2.24) is 14.9 Å². The number of benzene rings is 1. The van der Waals surface area contributed by atoms with Gasteiger partial charge in [0.2, 0.25) is 5.91 Å². The minimum atomic E-state index is -0.994. The van der Waals surface area contributed by atoms with Crippen LogP contribution in [0.1, 0.15) is 42.4 Å². The zero-order valence-corrected chi connectivity index (χ0v) is 12.4. The van der Waals surface area contributed by atoms with Crippen molar-refractivity contribution in [3.05, 3.63) is 29.6 Å². The van der Waals surface area contributed by atoms with Crippen LogP contribution in [0.4, 0.5) is 0 Å². The molecule has 0 bridgehead atoms. The zero-order chi connectivity index (χ0) is 15.6. The van der Waals surface area contributed by atoms with Gasteiger partial charge in [0.25, 0.3) is 0 Å². The molecule has 0 saturated carbocycles. The molecule has 21 heavy (non-hydrogen) atoms. The van der Waals surface area contributed by atoms with Crippen LogP contribution in [-0.4, -0.2) is 33.6 Å². The Kier molecular flexibility index (Phi) is 4.26. The van der Waals surface area contributed by atoms with Crippen LogP contribution in [0.3, 0.4) is 0 Å². The molecule has 2 N–H and O–H groups in total. The molecule has 0 aliphatic heterocycles. The molecule has 0 aliphatic carbocycles. The maximum atomic E-state index is 11.5. The Morgan fingerprint density at radius 2 is 2.10 bits per heavy atom. The number of carbonyl (C=O) groups excluding carboxylic acids is 1. The van der Waals surface area contributed by atoms with Gasteiger partial charge in [0.1, 0.15) is 11.3 Å². The van der Waals surface area contributed by atoms with Crippen LogP contribution in [0.15, 0.2) is 18.2 Å². The maximum Gasteiger partial charge on any atom is 0.337 e. The lowest BCUT2D eigenvalue weighted by Gasteiger charge is -2.10. The molecule has 6 heteroatoms. The molecule has 0 spiro atoms. The van der Waals surface area contributed by atoms with Crippen molar-refractivity contribution in [2.24, 2.45) is 0 Å². The van der Waals surface area contributed by atoms with Crippen molar-refractivity contribution in [2.75, 3.05) is 7.05 Å². The third kappa shape index (κ3) is 2.89. The van der Waals surface area contributed by atoms with Gasteiger partial charge in [0.05, 0.1) is 11.1 Å². The van der Waals surface area contributed by atoms with E-state index < -0.39 is 5.97 Å². The highest BCUT2D eigenvalue weighted by atomic mass is 16.4. The number of aromatic nitrogens is 2. The highest BCUT2D eigenvalue weighted by molar-refractivity contribution is 6.01. The fourth-order valence-corrected chi connectivity index (χ4v) is 2.35. The summed E-state index contributed by atoms with van der Waals surface area (Å²) in [6, 6.07) is 5.09. The highest BCUT2D eigenvalue weighted by Gasteiger charge is 2.18. The molecule has 0 fully saturated rings. The second-order valence-corrected chi connectivity index (χ2v) is 5.18. The largest absolute Gasteiger partial charge is 0.478 e. The molecule has 0 radical (unpaired) electrons. The summed E-state index contributed by atoms with van der Waals surface area (Å²) in [6.07, 6.45) is 0.332. The molecule has 6 nitrogen and oxygen atoms in total. The standard InChI is InChI=1S/C15H19N3O3/c1-9(2)14-17-13-10(15(20)21)5-4-6-11(13)18(14)8-7-12(19)16-3/h4-6,9H,7-8H2,1-3H3,(H,16,19)(H,20,21). The lowest BCUT2D eigenvalue weighted by atomic mass is 10.2. The first-order valence-electron chi connectivity index (χ1n) is 6.88. The third-order valence-corrected chi connectivity index (χ3v) is 3.40. The van der Waals surface area contributed by atoms with E-state index in [2.05, 4.69) is 10.3 Å². The van der Waals surface area contributed by atoms with Gasteiger partial charge in [-0.05, 0) is 12.1 Å². The molecule has 1 amide bonds. The van der Waals surface area contributed by atoms with Crippen LogP contribution in [0.5, 0.6) is 0 Å². The number of aromatic carboxylic acids is 1. The number of aryl methyl sites for hydroxylation is 1. The van der Waals surface area contributed by atoms with Crippen LogP contribution in [0.2, 0.25) is 0 Å². The molecule has 1 aromatic carbocycles. The van der Waals surface area contributed by atoms with E-state index in [1.54, 1.807) is 19.2 Å². The van der Waals surface area contributed by atoms with E-state index >= 15 is 0 Å². The number of imidazole rings is 1. The number of hydrogen-bond acceptors (Lipinski definition) is 3. The molecule has 2 aromatic rings. The Morgan fingerprint density at radius 1 is 1.38 bits per heavy atom. The Morgan fingerprint density at radius 3 is 2.67 bits per heavy atom. The molecular formula is C15H19N3O3. The second-order valence-electron chi connectivity index (χ2n) is 5.18. The summed E-state index contributed by atoms with van der Waals surface area (Å²) < 4.78 is 1.93. The quantitative estimate of drug-likeness (QED) is 0.881. The van der Waals surface area contributed by atoms with E-state index in [1.165, 1.54) is 0 Å². The molecule has 0 unspecified atom stereocenters. The average molecular weight is 289 g/mol. The Balaban J connectivity index is 2.55. The molecule has 2 rings (SSSR count). The number of carbonyl (C=O) groups is 2. The van der Waals surface area contributed by atoms with E-state index in [-0.39, 0.29) is 17.4 Å². The normalized spacial score (nSPS) is 11.0. The van der Waals surface area contributed by atoms with Gasteiger partial charge in [-0.3, -0.25) is 4.79 Å². The second kappa shape index (κ2) is 5.95. The summed E-state index contributed by atoms with van der Waals surface area (Å²) in [5.74, 6) is -0.112. The van der Waals surface area contributed by atoms with Crippen molar-refractivity contribution in [1.29, 1.82) is 0 Å². The van der Waals surface area contributed by atoms with E-state index in [0.717, 1.165) is 11.3 Å². The van der Waals surface area contributed by atoms with E-state index in [4.69, 9.17) is 0 Å². The minimum absolute atomic E-state index is 0.0547. The van der Waals surface area contributed by atoms with Crippen molar-refractivity contribution < 1.29 is 14.7 Å². The number of carboxylic acid groups (broad SMARTS) is 1. The molecule has 1 heterocycles. The molecule has 1 aromatic heterocycles. The van der Waals surface area contributed by atoms with Crippen LogP contribution < -0.4 is 5.32 Å². The van der Waals surface area contributed by atoms with Crippen LogP contribution >= 0.6 is 0 Å². The fraction of sp³-hybridized carbons (Fsp3) is 0.400. The topological polar surface area (TPSA) is 84.2 Å². The predicted molar refractivity (Wildman–Crippen MR) is 79.5 cm³/mol.